The molecule has 1 atom stereocenters. The molecular weight excluding hydrogens is 283 g/mol. The highest BCUT2D eigenvalue weighted by Gasteiger charge is 2.73. The van der Waals surface area contributed by atoms with E-state index in [1.54, 1.807) is 0 Å². The maximum absolute atomic E-state index is 13.9. The number of rotatable bonds is 2. The molecule has 0 aromatic heterocycles. The molecule has 0 bridgehead atoms. The number of halogens is 5. The van der Waals surface area contributed by atoms with Gasteiger partial charge in [-0.25, -0.2) is 0 Å². The molecule has 1 aromatic rings. The Kier molecular flexibility index (Phi) is 3.31. The van der Waals surface area contributed by atoms with Crippen molar-refractivity contribution >= 4 is 5.78 Å². The van der Waals surface area contributed by atoms with Gasteiger partial charge in [0.15, 0.2) is 5.78 Å². The Morgan fingerprint density at radius 2 is 1.65 bits per heavy atom. The van der Waals surface area contributed by atoms with Crippen molar-refractivity contribution in [3.63, 3.8) is 0 Å². The van der Waals surface area contributed by atoms with Gasteiger partial charge in [-0.1, -0.05) is 30.3 Å². The highest BCUT2D eigenvalue weighted by Crippen LogP contribution is 2.53. The average molecular weight is 292 g/mol. The van der Waals surface area contributed by atoms with Crippen LogP contribution in [0.25, 0.3) is 0 Å². The molecule has 7 heteroatoms. The third-order valence-electron chi connectivity index (χ3n) is 3.05. The Morgan fingerprint density at radius 1 is 1.05 bits per heavy atom. The van der Waals surface area contributed by atoms with E-state index in [9.17, 15) is 26.7 Å². The van der Waals surface area contributed by atoms with Gasteiger partial charge in [0.25, 0.3) is 0 Å². The summed E-state index contributed by atoms with van der Waals surface area (Å²) in [5, 5.41) is 0. The maximum Gasteiger partial charge on any atom is 0.458 e. The lowest BCUT2D eigenvalue weighted by molar-refractivity contribution is -0.347. The molecule has 0 amide bonds. The summed E-state index contributed by atoms with van der Waals surface area (Å²) in [7, 11) is 0. The first-order valence-electron chi connectivity index (χ1n) is 5.58. The summed E-state index contributed by atoms with van der Waals surface area (Å²) in [6, 6.07) is 6.22. The van der Waals surface area contributed by atoms with Crippen LogP contribution < -0.4 is 0 Å². The van der Waals surface area contributed by atoms with E-state index < -0.39 is 35.5 Å². The number of allylic oxidation sites excluding steroid dienone is 1. The molecule has 1 aromatic carbocycles. The van der Waals surface area contributed by atoms with Crippen molar-refractivity contribution in [2.24, 2.45) is 0 Å². The van der Waals surface area contributed by atoms with E-state index in [-0.39, 0.29) is 0 Å². The first-order chi connectivity index (χ1) is 9.21. The fourth-order valence-corrected chi connectivity index (χ4v) is 2.04. The molecule has 0 radical (unpaired) electrons. The smallest absolute Gasteiger partial charge is 0.458 e. The summed E-state index contributed by atoms with van der Waals surface area (Å²) < 4.78 is 70.6. The van der Waals surface area contributed by atoms with Gasteiger partial charge in [0.05, 0.1) is 12.7 Å². The van der Waals surface area contributed by atoms with Crippen LogP contribution in [0.3, 0.4) is 0 Å². The molecule has 0 spiro atoms. The molecule has 2 rings (SSSR count). The lowest BCUT2D eigenvalue weighted by Crippen LogP contribution is -2.57. The van der Waals surface area contributed by atoms with Crippen LogP contribution in [0, 0.1) is 0 Å². The highest BCUT2D eigenvalue weighted by molar-refractivity contribution is 5.91. The molecule has 2 nitrogen and oxygen atoms in total. The average Bonchev–Trinajstić information content (AvgIpc) is 2.38. The molecule has 0 fully saturated rings. The van der Waals surface area contributed by atoms with E-state index in [0.717, 1.165) is 18.2 Å². The number of benzene rings is 1. The van der Waals surface area contributed by atoms with Crippen molar-refractivity contribution in [3.8, 4) is 0 Å². The fourth-order valence-electron chi connectivity index (χ4n) is 2.04. The fraction of sp³-hybridized carbons (Fsp3) is 0.308. The minimum Gasteiger partial charge on any atom is -0.483 e. The summed E-state index contributed by atoms with van der Waals surface area (Å²) in [6.45, 7) is 0. The van der Waals surface area contributed by atoms with Crippen LogP contribution in [0.2, 0.25) is 0 Å². The van der Waals surface area contributed by atoms with Gasteiger partial charge in [-0.05, 0) is 0 Å². The Hall–Kier alpha value is -1.92. The molecule has 0 saturated heterocycles. The number of alkyl halides is 5. The summed E-state index contributed by atoms with van der Waals surface area (Å²) in [4.78, 5) is 11.4. The van der Waals surface area contributed by atoms with Crippen LogP contribution in [0.5, 0.6) is 0 Å². The third-order valence-corrected chi connectivity index (χ3v) is 3.05. The molecule has 1 unspecified atom stereocenters. The first kappa shape index (κ1) is 14.5. The standard InChI is InChI=1S/C13H9F5O2/c14-12(15,13(16,17)18)11(8-10(19)6-7-20-11)9-4-2-1-3-5-9/h1-7H,8H2. The Morgan fingerprint density at radius 3 is 2.15 bits per heavy atom. The Labute approximate surface area is 110 Å². The first-order valence-corrected chi connectivity index (χ1v) is 5.58. The predicted octanol–water partition coefficient (Wildman–Crippen LogP) is 3.58. The lowest BCUT2D eigenvalue weighted by Gasteiger charge is -2.41. The van der Waals surface area contributed by atoms with Gasteiger partial charge in [0, 0.05) is 11.6 Å². The van der Waals surface area contributed by atoms with E-state index in [4.69, 9.17) is 0 Å². The normalized spacial score (nSPS) is 23.6. The monoisotopic (exact) mass is 292 g/mol. The molecular formula is C13H9F5O2. The second-order valence-corrected chi connectivity index (χ2v) is 4.33. The predicted molar refractivity (Wildman–Crippen MR) is 59.0 cm³/mol. The topological polar surface area (TPSA) is 26.3 Å². The summed E-state index contributed by atoms with van der Waals surface area (Å²) in [5.41, 5.74) is -3.47. The van der Waals surface area contributed by atoms with Crippen molar-refractivity contribution in [3.05, 3.63) is 48.2 Å². The SMILES string of the molecule is O=C1C=COC(c2ccccc2)(C(F)(F)C(F)(F)F)C1. The van der Waals surface area contributed by atoms with Gasteiger partial charge in [0.2, 0.25) is 5.60 Å². The maximum atomic E-state index is 13.9. The van der Waals surface area contributed by atoms with Crippen molar-refractivity contribution in [1.29, 1.82) is 0 Å². The van der Waals surface area contributed by atoms with Crippen molar-refractivity contribution < 1.29 is 31.5 Å². The van der Waals surface area contributed by atoms with Gasteiger partial charge < -0.3 is 4.74 Å². The van der Waals surface area contributed by atoms with E-state index >= 15 is 0 Å². The Balaban J connectivity index is 2.63. The van der Waals surface area contributed by atoms with E-state index in [2.05, 4.69) is 4.74 Å². The zero-order valence-electron chi connectivity index (χ0n) is 9.95. The minimum atomic E-state index is -5.84. The molecule has 0 N–H and O–H groups in total. The molecule has 1 aliphatic heterocycles. The summed E-state index contributed by atoms with van der Waals surface area (Å²) in [6.07, 6.45) is -5.51. The largest absolute Gasteiger partial charge is 0.483 e. The summed E-state index contributed by atoms with van der Waals surface area (Å²) in [5.74, 6) is -6.06. The van der Waals surface area contributed by atoms with Crippen molar-refractivity contribution in [2.75, 3.05) is 0 Å². The van der Waals surface area contributed by atoms with Gasteiger partial charge in [-0.2, -0.15) is 22.0 Å². The number of hydrogen-bond donors (Lipinski definition) is 0. The molecule has 20 heavy (non-hydrogen) atoms. The van der Waals surface area contributed by atoms with E-state index in [0.29, 0.717) is 6.26 Å². The van der Waals surface area contributed by atoms with Crippen LogP contribution in [0.4, 0.5) is 22.0 Å². The van der Waals surface area contributed by atoms with Crippen molar-refractivity contribution in [1.82, 2.24) is 0 Å². The molecule has 1 heterocycles. The number of ether oxygens (including phenoxy) is 1. The molecule has 0 aliphatic carbocycles. The van der Waals surface area contributed by atoms with Crippen LogP contribution in [-0.2, 0) is 15.1 Å². The third kappa shape index (κ3) is 2.07. The van der Waals surface area contributed by atoms with Crippen LogP contribution in [0.1, 0.15) is 12.0 Å². The molecule has 108 valence electrons. The van der Waals surface area contributed by atoms with Crippen molar-refractivity contribution in [2.45, 2.75) is 24.1 Å². The minimum absolute atomic E-state index is 0.403. The number of carbonyl (C=O) groups excluding carboxylic acids is 1. The second kappa shape index (κ2) is 4.57. The van der Waals surface area contributed by atoms with Crippen LogP contribution in [-0.4, -0.2) is 17.9 Å². The van der Waals surface area contributed by atoms with Gasteiger partial charge in [0.1, 0.15) is 0 Å². The molecule has 0 saturated carbocycles. The number of carbonyl (C=O) groups is 1. The lowest BCUT2D eigenvalue weighted by atomic mass is 9.81. The second-order valence-electron chi connectivity index (χ2n) is 4.33. The van der Waals surface area contributed by atoms with Gasteiger partial charge >= 0.3 is 12.1 Å². The number of ketones is 1. The summed E-state index contributed by atoms with van der Waals surface area (Å²) >= 11 is 0. The van der Waals surface area contributed by atoms with Crippen LogP contribution in [0.15, 0.2) is 42.7 Å². The molecule has 1 aliphatic rings. The van der Waals surface area contributed by atoms with E-state index in [1.807, 2.05) is 0 Å². The highest BCUT2D eigenvalue weighted by atomic mass is 19.4. The quantitative estimate of drug-likeness (QED) is 0.779. The Bertz CT molecular complexity index is 535. The zero-order valence-corrected chi connectivity index (χ0v) is 9.95. The zero-order chi connectivity index (χ0) is 15.0. The van der Waals surface area contributed by atoms with Gasteiger partial charge in [-0.3, -0.25) is 4.79 Å². The van der Waals surface area contributed by atoms with Crippen LogP contribution >= 0.6 is 0 Å². The van der Waals surface area contributed by atoms with Gasteiger partial charge in [-0.15, -0.1) is 0 Å². The van der Waals surface area contributed by atoms with E-state index in [1.165, 1.54) is 18.2 Å². The number of hydrogen-bond acceptors (Lipinski definition) is 2.